The van der Waals surface area contributed by atoms with E-state index in [1.165, 1.54) is 19.9 Å². The maximum atomic E-state index is 12.6. The minimum atomic E-state index is -0.986. The van der Waals surface area contributed by atoms with Crippen LogP contribution in [0.5, 0.6) is 0 Å². The molecule has 1 aromatic heterocycles. The second-order valence-electron chi connectivity index (χ2n) is 6.47. The van der Waals surface area contributed by atoms with E-state index in [9.17, 15) is 14.4 Å². The van der Waals surface area contributed by atoms with Crippen LogP contribution in [0, 0.1) is 20.8 Å². The molecule has 142 valence electrons. The number of carbonyl (C=O) groups is 3. The Labute approximate surface area is 163 Å². The first-order valence-electron chi connectivity index (χ1n) is 8.51. The summed E-state index contributed by atoms with van der Waals surface area (Å²) in [4.78, 5) is 39.2. The van der Waals surface area contributed by atoms with Crippen LogP contribution in [0.3, 0.4) is 0 Å². The zero-order valence-corrected chi connectivity index (χ0v) is 16.7. The molecule has 0 radical (unpaired) electrons. The fourth-order valence-corrected chi connectivity index (χ4v) is 3.06. The van der Waals surface area contributed by atoms with Crippen molar-refractivity contribution >= 4 is 35.2 Å². The zero-order valence-electron chi connectivity index (χ0n) is 16.0. The summed E-state index contributed by atoms with van der Waals surface area (Å²) in [6.45, 7) is 8.26. The molecule has 0 saturated carbocycles. The molecular formula is C21H22ClNO4. The summed E-state index contributed by atoms with van der Waals surface area (Å²) in [5, 5.41) is 0.605. The Hall–Kier alpha value is -2.66. The van der Waals surface area contributed by atoms with Crippen LogP contribution in [-0.2, 0) is 9.53 Å². The van der Waals surface area contributed by atoms with Crippen molar-refractivity contribution in [1.82, 2.24) is 4.98 Å². The van der Waals surface area contributed by atoms with Crippen LogP contribution in [0.4, 0.5) is 0 Å². The van der Waals surface area contributed by atoms with Gasteiger partial charge in [0.15, 0.2) is 11.9 Å². The number of H-pyrrole nitrogens is 1. The number of hydrogen-bond acceptors (Lipinski definition) is 4. The number of aromatic amines is 1. The molecule has 0 aliphatic carbocycles. The first-order valence-corrected chi connectivity index (χ1v) is 8.88. The van der Waals surface area contributed by atoms with E-state index in [1.54, 1.807) is 26.0 Å². The van der Waals surface area contributed by atoms with Gasteiger partial charge >= 0.3 is 5.97 Å². The smallest absolute Gasteiger partial charge is 0.331 e. The molecule has 1 heterocycles. The van der Waals surface area contributed by atoms with Gasteiger partial charge < -0.3 is 9.72 Å². The topological polar surface area (TPSA) is 76.2 Å². The molecule has 1 aromatic carbocycles. The second-order valence-corrected chi connectivity index (χ2v) is 6.87. The highest BCUT2D eigenvalue weighted by Gasteiger charge is 2.25. The molecule has 2 rings (SSSR count). The highest BCUT2D eigenvalue weighted by molar-refractivity contribution is 6.31. The van der Waals surface area contributed by atoms with Gasteiger partial charge in [0.05, 0.1) is 5.69 Å². The van der Waals surface area contributed by atoms with Gasteiger partial charge in [0.2, 0.25) is 5.78 Å². The van der Waals surface area contributed by atoms with Gasteiger partial charge in [0.1, 0.15) is 0 Å². The Morgan fingerprint density at radius 3 is 2.41 bits per heavy atom. The van der Waals surface area contributed by atoms with Crippen LogP contribution >= 0.6 is 11.6 Å². The Bertz CT molecular complexity index is 940. The van der Waals surface area contributed by atoms with Crippen LogP contribution in [0.1, 0.15) is 57.1 Å². The zero-order chi connectivity index (χ0) is 20.3. The molecule has 0 unspecified atom stereocenters. The summed E-state index contributed by atoms with van der Waals surface area (Å²) in [7, 11) is 0. The lowest BCUT2D eigenvalue weighted by Crippen LogP contribution is -2.24. The second kappa shape index (κ2) is 8.35. The van der Waals surface area contributed by atoms with Gasteiger partial charge in [-0.15, -0.1) is 0 Å². The minimum absolute atomic E-state index is 0.121. The third-order valence-corrected chi connectivity index (χ3v) is 4.71. The SMILES string of the molecule is CC(=O)c1c(C)[nH]c(C(=O)[C@@H](C)OC(=O)/C=C/c2ccc(C)c(Cl)c2)c1C. The average molecular weight is 388 g/mol. The molecule has 1 N–H and O–H groups in total. The van der Waals surface area contributed by atoms with Gasteiger partial charge in [0.25, 0.3) is 0 Å². The van der Waals surface area contributed by atoms with E-state index in [1.807, 2.05) is 19.1 Å². The van der Waals surface area contributed by atoms with Crippen molar-refractivity contribution in [3.8, 4) is 0 Å². The summed E-state index contributed by atoms with van der Waals surface area (Å²) in [5.74, 6) is -1.15. The summed E-state index contributed by atoms with van der Waals surface area (Å²) >= 11 is 6.05. The molecule has 0 aliphatic heterocycles. The van der Waals surface area contributed by atoms with Gasteiger partial charge in [-0.3, -0.25) is 9.59 Å². The van der Waals surface area contributed by atoms with E-state index in [2.05, 4.69) is 4.98 Å². The van der Waals surface area contributed by atoms with Crippen LogP contribution in [0.15, 0.2) is 24.3 Å². The van der Waals surface area contributed by atoms with Gasteiger partial charge in [-0.1, -0.05) is 23.7 Å². The number of halogens is 1. The molecule has 0 fully saturated rings. The Kier molecular flexibility index (Phi) is 6.39. The quantitative estimate of drug-likeness (QED) is 0.445. The standard InChI is InChI=1S/C21H22ClNO4/c1-11-6-7-16(10-17(11)22)8-9-18(25)27-15(5)21(26)20-12(2)19(14(4)24)13(3)23-20/h6-10,15,23H,1-5H3/b9-8+/t15-/m1/s1. The average Bonchev–Trinajstić information content (AvgIpc) is 2.89. The summed E-state index contributed by atoms with van der Waals surface area (Å²) in [6, 6.07) is 5.42. The lowest BCUT2D eigenvalue weighted by Gasteiger charge is -2.10. The number of aromatic nitrogens is 1. The van der Waals surface area contributed by atoms with Crippen molar-refractivity contribution in [2.45, 2.75) is 40.7 Å². The number of ketones is 2. The van der Waals surface area contributed by atoms with E-state index in [0.29, 0.717) is 21.8 Å². The Morgan fingerprint density at radius 2 is 1.85 bits per heavy atom. The van der Waals surface area contributed by atoms with Crippen LogP contribution in [0.2, 0.25) is 5.02 Å². The molecular weight excluding hydrogens is 366 g/mol. The maximum absolute atomic E-state index is 12.6. The van der Waals surface area contributed by atoms with Crippen molar-refractivity contribution in [1.29, 1.82) is 0 Å². The van der Waals surface area contributed by atoms with Crippen LogP contribution < -0.4 is 0 Å². The third-order valence-electron chi connectivity index (χ3n) is 4.31. The summed E-state index contributed by atoms with van der Waals surface area (Å²) < 4.78 is 5.19. The lowest BCUT2D eigenvalue weighted by atomic mass is 10.0. The lowest BCUT2D eigenvalue weighted by molar-refractivity contribution is -0.140. The van der Waals surface area contributed by atoms with Gasteiger partial charge in [-0.25, -0.2) is 4.79 Å². The molecule has 0 amide bonds. The molecule has 0 aliphatic rings. The normalized spacial score (nSPS) is 12.2. The molecule has 27 heavy (non-hydrogen) atoms. The number of ether oxygens (including phenoxy) is 1. The van der Waals surface area contributed by atoms with E-state index in [4.69, 9.17) is 16.3 Å². The number of nitrogens with one attached hydrogen (secondary N) is 1. The van der Waals surface area contributed by atoms with Gasteiger partial charge in [-0.2, -0.15) is 0 Å². The van der Waals surface area contributed by atoms with Crippen molar-refractivity contribution in [2.75, 3.05) is 0 Å². The van der Waals surface area contributed by atoms with Gasteiger partial charge in [0, 0.05) is 22.4 Å². The Morgan fingerprint density at radius 1 is 1.19 bits per heavy atom. The number of Topliss-reactive ketones (excluding diaryl/α,β-unsaturated/α-hetero) is 2. The third kappa shape index (κ3) is 4.74. The predicted octanol–water partition coefficient (Wildman–Crippen LogP) is 4.62. The van der Waals surface area contributed by atoms with Crippen molar-refractivity contribution in [2.24, 2.45) is 0 Å². The van der Waals surface area contributed by atoms with Crippen LogP contribution in [0.25, 0.3) is 6.08 Å². The van der Waals surface area contributed by atoms with E-state index >= 15 is 0 Å². The Balaban J connectivity index is 2.09. The van der Waals surface area contributed by atoms with Gasteiger partial charge in [-0.05, 0) is 63.5 Å². The number of carbonyl (C=O) groups excluding carboxylic acids is 3. The largest absolute Gasteiger partial charge is 0.451 e. The van der Waals surface area contributed by atoms with Crippen molar-refractivity contribution in [3.63, 3.8) is 0 Å². The fraction of sp³-hybridized carbons (Fsp3) is 0.286. The molecule has 2 aromatic rings. The molecule has 6 heteroatoms. The molecule has 0 spiro atoms. The number of hydrogen-bond donors (Lipinski definition) is 1. The highest BCUT2D eigenvalue weighted by Crippen LogP contribution is 2.21. The molecule has 5 nitrogen and oxygen atoms in total. The van der Waals surface area contributed by atoms with E-state index in [0.717, 1.165) is 11.1 Å². The van der Waals surface area contributed by atoms with Crippen molar-refractivity contribution in [3.05, 3.63) is 62.9 Å². The minimum Gasteiger partial charge on any atom is -0.451 e. The number of benzene rings is 1. The molecule has 1 atom stereocenters. The number of rotatable bonds is 6. The highest BCUT2D eigenvalue weighted by atomic mass is 35.5. The van der Waals surface area contributed by atoms with Crippen molar-refractivity contribution < 1.29 is 19.1 Å². The monoisotopic (exact) mass is 387 g/mol. The first kappa shape index (κ1) is 20.6. The number of esters is 1. The first-order chi connectivity index (χ1) is 12.6. The molecule has 0 bridgehead atoms. The fourth-order valence-electron chi connectivity index (χ4n) is 2.87. The maximum Gasteiger partial charge on any atom is 0.331 e. The predicted molar refractivity (Wildman–Crippen MR) is 105 cm³/mol. The summed E-state index contributed by atoms with van der Waals surface area (Å²) in [5.41, 5.74) is 3.66. The number of aryl methyl sites for hydroxylation is 2. The van der Waals surface area contributed by atoms with E-state index in [-0.39, 0.29) is 17.3 Å². The van der Waals surface area contributed by atoms with Crippen LogP contribution in [-0.4, -0.2) is 28.6 Å². The summed E-state index contributed by atoms with van der Waals surface area (Å²) in [6.07, 6.45) is 1.83. The van der Waals surface area contributed by atoms with E-state index < -0.39 is 12.1 Å². The molecule has 0 saturated heterocycles.